The molecule has 1 aromatic rings. The maximum Gasteiger partial charge on any atom is 0.119 e. The lowest BCUT2D eigenvalue weighted by molar-refractivity contribution is 0.280. The minimum atomic E-state index is -0.285. The molecule has 0 bridgehead atoms. The second kappa shape index (κ2) is 6.38. The lowest BCUT2D eigenvalue weighted by atomic mass is 10.2. The van der Waals surface area contributed by atoms with Gasteiger partial charge in [-0.25, -0.2) is 0 Å². The Bertz CT molecular complexity index is 246. The van der Waals surface area contributed by atoms with Crippen LogP contribution < -0.4 is 4.74 Å². The highest BCUT2D eigenvalue weighted by atomic mass is 19.1. The fraction of sp³-hybridized carbons (Fsp3) is 0.455. The van der Waals surface area contributed by atoms with E-state index in [0.717, 1.165) is 17.7 Å². The molecule has 0 aliphatic carbocycles. The third-order valence-corrected chi connectivity index (χ3v) is 1.90. The molecular weight excluding hydrogens is 183 g/mol. The molecule has 1 aromatic carbocycles. The molecule has 0 fully saturated rings. The molecule has 0 unspecified atom stereocenters. The fourth-order valence-electron chi connectivity index (χ4n) is 1.08. The summed E-state index contributed by atoms with van der Waals surface area (Å²) in [6, 6.07) is 7.23. The summed E-state index contributed by atoms with van der Waals surface area (Å²) in [6.07, 6.45) is 1.28. The van der Waals surface area contributed by atoms with E-state index < -0.39 is 0 Å². The number of aliphatic hydroxyl groups is 1. The second-order valence-corrected chi connectivity index (χ2v) is 3.05. The third kappa shape index (κ3) is 3.75. The molecule has 2 nitrogen and oxygen atoms in total. The summed E-state index contributed by atoms with van der Waals surface area (Å²) in [5, 5.41) is 8.79. The summed E-state index contributed by atoms with van der Waals surface area (Å²) in [5.41, 5.74) is 0.862. The molecule has 0 aromatic heterocycles. The maximum absolute atomic E-state index is 11.7. The highest BCUT2D eigenvalue weighted by Crippen LogP contribution is 2.12. The van der Waals surface area contributed by atoms with Crippen molar-refractivity contribution in [3.63, 3.8) is 0 Å². The van der Waals surface area contributed by atoms with Gasteiger partial charge in [0.2, 0.25) is 0 Å². The molecule has 1 N–H and O–H groups in total. The van der Waals surface area contributed by atoms with Crippen molar-refractivity contribution in [3.8, 4) is 5.75 Å². The Hall–Kier alpha value is -1.09. The number of aliphatic hydroxyl groups excluding tert-OH is 1. The van der Waals surface area contributed by atoms with E-state index >= 15 is 0 Å². The number of hydrogen-bond acceptors (Lipinski definition) is 2. The molecular formula is C11H15FO2. The van der Waals surface area contributed by atoms with Gasteiger partial charge >= 0.3 is 0 Å². The lowest BCUT2D eigenvalue weighted by Gasteiger charge is -2.05. The van der Waals surface area contributed by atoms with Crippen LogP contribution in [-0.4, -0.2) is 18.4 Å². The molecule has 78 valence electrons. The van der Waals surface area contributed by atoms with Crippen molar-refractivity contribution in [2.45, 2.75) is 19.4 Å². The van der Waals surface area contributed by atoms with E-state index in [9.17, 15) is 4.39 Å². The van der Waals surface area contributed by atoms with Crippen LogP contribution in [0.15, 0.2) is 24.3 Å². The second-order valence-electron chi connectivity index (χ2n) is 3.05. The van der Waals surface area contributed by atoms with Gasteiger partial charge in [-0.05, 0) is 30.5 Å². The average Bonchev–Trinajstić information content (AvgIpc) is 2.25. The van der Waals surface area contributed by atoms with Crippen molar-refractivity contribution in [1.29, 1.82) is 0 Å². The van der Waals surface area contributed by atoms with Crippen molar-refractivity contribution in [3.05, 3.63) is 29.8 Å². The Kier molecular flexibility index (Phi) is 5.00. The number of rotatable bonds is 6. The quantitative estimate of drug-likeness (QED) is 0.711. The zero-order chi connectivity index (χ0) is 10.2. The molecule has 0 saturated carbocycles. The molecule has 1 rings (SSSR count). The lowest BCUT2D eigenvalue weighted by Crippen LogP contribution is -1.97. The number of alkyl halides is 1. The summed E-state index contributed by atoms with van der Waals surface area (Å²) in [6.45, 7) is 0.303. The number of benzene rings is 1. The summed E-state index contributed by atoms with van der Waals surface area (Å²) in [5.74, 6) is 0.765. The number of halogens is 1. The molecule has 0 atom stereocenters. The van der Waals surface area contributed by atoms with Crippen LogP contribution in [0.5, 0.6) is 5.75 Å². The Morgan fingerprint density at radius 3 is 2.43 bits per heavy atom. The van der Waals surface area contributed by atoms with Crippen molar-refractivity contribution < 1.29 is 14.2 Å². The maximum atomic E-state index is 11.7. The van der Waals surface area contributed by atoms with Crippen molar-refractivity contribution in [1.82, 2.24) is 0 Å². The first-order chi connectivity index (χ1) is 6.86. The van der Waals surface area contributed by atoms with Crippen LogP contribution in [0, 0.1) is 0 Å². The predicted octanol–water partition coefficient (Wildman–Crippen LogP) is 2.31. The largest absolute Gasteiger partial charge is 0.494 e. The van der Waals surface area contributed by atoms with Crippen molar-refractivity contribution in [2.24, 2.45) is 0 Å². The summed E-state index contributed by atoms with van der Waals surface area (Å²) < 4.78 is 17.1. The molecule has 3 heteroatoms. The molecule has 0 heterocycles. The van der Waals surface area contributed by atoms with Gasteiger partial charge in [0.25, 0.3) is 0 Å². The Morgan fingerprint density at radius 2 is 1.86 bits per heavy atom. The van der Waals surface area contributed by atoms with Crippen LogP contribution >= 0.6 is 0 Å². The first kappa shape index (κ1) is 11.0. The molecule has 0 saturated heterocycles. The normalized spacial score (nSPS) is 10.1. The van der Waals surface area contributed by atoms with Gasteiger partial charge in [0.05, 0.1) is 19.9 Å². The van der Waals surface area contributed by atoms with Gasteiger partial charge in [-0.15, -0.1) is 0 Å². The van der Waals surface area contributed by atoms with Crippen molar-refractivity contribution >= 4 is 0 Å². The third-order valence-electron chi connectivity index (χ3n) is 1.90. The van der Waals surface area contributed by atoms with E-state index in [1.54, 1.807) is 12.1 Å². The van der Waals surface area contributed by atoms with Crippen LogP contribution in [0.3, 0.4) is 0 Å². The SMILES string of the molecule is OCc1ccc(OCCCCF)cc1. The topological polar surface area (TPSA) is 29.5 Å². The fourth-order valence-corrected chi connectivity index (χ4v) is 1.08. The summed E-state index contributed by atoms with van der Waals surface area (Å²) in [7, 11) is 0. The van der Waals surface area contributed by atoms with E-state index in [4.69, 9.17) is 9.84 Å². The zero-order valence-corrected chi connectivity index (χ0v) is 8.08. The van der Waals surface area contributed by atoms with E-state index in [-0.39, 0.29) is 13.3 Å². The molecule has 0 radical (unpaired) electrons. The zero-order valence-electron chi connectivity index (χ0n) is 8.08. The average molecular weight is 198 g/mol. The Labute approximate surface area is 83.3 Å². The first-order valence-corrected chi connectivity index (χ1v) is 4.75. The van der Waals surface area contributed by atoms with Crippen LogP contribution in [-0.2, 0) is 6.61 Å². The van der Waals surface area contributed by atoms with Crippen molar-refractivity contribution in [2.75, 3.05) is 13.3 Å². The van der Waals surface area contributed by atoms with Gasteiger partial charge in [0.15, 0.2) is 0 Å². The summed E-state index contributed by atoms with van der Waals surface area (Å²) >= 11 is 0. The molecule has 14 heavy (non-hydrogen) atoms. The van der Waals surface area contributed by atoms with Gasteiger partial charge in [-0.1, -0.05) is 12.1 Å². The number of hydrogen-bond donors (Lipinski definition) is 1. The monoisotopic (exact) mass is 198 g/mol. The Balaban J connectivity index is 2.29. The van der Waals surface area contributed by atoms with E-state index in [1.807, 2.05) is 12.1 Å². The van der Waals surface area contributed by atoms with Crippen LogP contribution in [0.25, 0.3) is 0 Å². The number of unbranched alkanes of at least 4 members (excludes halogenated alkanes) is 1. The molecule has 0 spiro atoms. The minimum absolute atomic E-state index is 0.0438. The van der Waals surface area contributed by atoms with Crippen LogP contribution in [0.2, 0.25) is 0 Å². The standard InChI is InChI=1S/C11H15FO2/c12-7-1-2-8-14-11-5-3-10(9-13)4-6-11/h3-6,13H,1-2,7-9H2. The van der Waals surface area contributed by atoms with Gasteiger partial charge in [-0.2, -0.15) is 0 Å². The van der Waals surface area contributed by atoms with Gasteiger partial charge in [-0.3, -0.25) is 4.39 Å². The van der Waals surface area contributed by atoms with E-state index in [1.165, 1.54) is 0 Å². The molecule has 0 amide bonds. The van der Waals surface area contributed by atoms with Crippen LogP contribution in [0.1, 0.15) is 18.4 Å². The summed E-state index contributed by atoms with van der Waals surface area (Å²) in [4.78, 5) is 0. The predicted molar refractivity (Wildman–Crippen MR) is 53.1 cm³/mol. The Morgan fingerprint density at radius 1 is 1.14 bits per heavy atom. The molecule has 0 aliphatic heterocycles. The highest BCUT2D eigenvalue weighted by molar-refractivity contribution is 5.26. The number of ether oxygens (including phenoxy) is 1. The smallest absolute Gasteiger partial charge is 0.119 e. The van der Waals surface area contributed by atoms with Gasteiger partial charge in [0.1, 0.15) is 5.75 Å². The molecule has 0 aliphatic rings. The highest BCUT2D eigenvalue weighted by Gasteiger charge is 1.94. The minimum Gasteiger partial charge on any atom is -0.494 e. The first-order valence-electron chi connectivity index (χ1n) is 4.75. The van der Waals surface area contributed by atoms with Gasteiger partial charge < -0.3 is 9.84 Å². The van der Waals surface area contributed by atoms with Gasteiger partial charge in [0, 0.05) is 0 Å². The van der Waals surface area contributed by atoms with E-state index in [2.05, 4.69) is 0 Å². The van der Waals surface area contributed by atoms with Crippen LogP contribution in [0.4, 0.5) is 4.39 Å². The van der Waals surface area contributed by atoms with E-state index in [0.29, 0.717) is 13.0 Å².